The third kappa shape index (κ3) is 5.33. The van der Waals surface area contributed by atoms with Crippen molar-refractivity contribution in [3.05, 3.63) is 23.8 Å². The van der Waals surface area contributed by atoms with E-state index >= 15 is 0 Å². The zero-order valence-electron chi connectivity index (χ0n) is 16.0. The Labute approximate surface area is 156 Å². The smallest absolute Gasteiger partial charge is 0.127 e. The lowest BCUT2D eigenvalue weighted by Crippen LogP contribution is -2.47. The van der Waals surface area contributed by atoms with Crippen LogP contribution in [-0.4, -0.2) is 69.2 Å². The van der Waals surface area contributed by atoms with Gasteiger partial charge >= 0.3 is 0 Å². The number of methoxy groups -OCH3 is 1. The van der Waals surface area contributed by atoms with Crippen LogP contribution in [0, 0.1) is 5.41 Å². The van der Waals surface area contributed by atoms with E-state index in [-0.39, 0.29) is 5.41 Å². The van der Waals surface area contributed by atoms with E-state index in [0.29, 0.717) is 13.2 Å². The minimum atomic E-state index is -0.480. The molecule has 0 bridgehead atoms. The van der Waals surface area contributed by atoms with Gasteiger partial charge in [-0.2, -0.15) is 0 Å². The fraction of sp³-hybridized carbons (Fsp3) is 0.700. The molecule has 0 saturated carbocycles. The van der Waals surface area contributed by atoms with Gasteiger partial charge in [-0.1, -0.05) is 13.0 Å². The standard InChI is InChI=1S/C20H32N2O4/c1-20(14-25-15-20)13-21-10-16-5-6-18(24-2)9-19(16)26-12-17(23)11-22-7-3-4-8-22/h5-6,9,17,21,23H,3-4,7-8,10-15H2,1-2H3. The molecule has 146 valence electrons. The van der Waals surface area contributed by atoms with Crippen LogP contribution >= 0.6 is 0 Å². The molecular weight excluding hydrogens is 332 g/mol. The van der Waals surface area contributed by atoms with Gasteiger partial charge in [0.25, 0.3) is 0 Å². The second-order valence-corrected chi connectivity index (χ2v) is 7.85. The van der Waals surface area contributed by atoms with Crippen LogP contribution in [0.3, 0.4) is 0 Å². The molecule has 1 aromatic rings. The maximum Gasteiger partial charge on any atom is 0.127 e. The summed E-state index contributed by atoms with van der Waals surface area (Å²) in [6.45, 7) is 8.61. The van der Waals surface area contributed by atoms with Crippen molar-refractivity contribution in [1.82, 2.24) is 10.2 Å². The number of ether oxygens (including phenoxy) is 3. The Hall–Kier alpha value is -1.34. The van der Waals surface area contributed by atoms with Gasteiger partial charge < -0.3 is 29.5 Å². The molecule has 6 heteroatoms. The van der Waals surface area contributed by atoms with Gasteiger partial charge in [0, 0.05) is 36.7 Å². The first-order valence-corrected chi connectivity index (χ1v) is 9.57. The topological polar surface area (TPSA) is 63.2 Å². The molecule has 3 rings (SSSR count). The molecule has 2 saturated heterocycles. The van der Waals surface area contributed by atoms with Gasteiger partial charge in [-0.05, 0) is 32.0 Å². The molecule has 2 N–H and O–H groups in total. The van der Waals surface area contributed by atoms with E-state index in [0.717, 1.165) is 56.5 Å². The Morgan fingerprint density at radius 3 is 2.73 bits per heavy atom. The maximum atomic E-state index is 10.3. The summed E-state index contributed by atoms with van der Waals surface area (Å²) in [4.78, 5) is 2.30. The lowest BCUT2D eigenvalue weighted by atomic mass is 9.89. The van der Waals surface area contributed by atoms with Gasteiger partial charge in [0.15, 0.2) is 0 Å². The summed E-state index contributed by atoms with van der Waals surface area (Å²) in [5, 5.41) is 13.8. The van der Waals surface area contributed by atoms with Gasteiger partial charge in [-0.15, -0.1) is 0 Å². The van der Waals surface area contributed by atoms with E-state index in [4.69, 9.17) is 14.2 Å². The average molecular weight is 364 g/mol. The molecule has 0 radical (unpaired) electrons. The molecule has 0 aromatic heterocycles. The summed E-state index contributed by atoms with van der Waals surface area (Å²) in [6.07, 6.45) is 1.97. The summed E-state index contributed by atoms with van der Waals surface area (Å²) < 4.78 is 16.6. The first-order valence-electron chi connectivity index (χ1n) is 9.57. The van der Waals surface area contributed by atoms with Crippen molar-refractivity contribution in [3.63, 3.8) is 0 Å². The van der Waals surface area contributed by atoms with E-state index < -0.39 is 6.10 Å². The zero-order valence-corrected chi connectivity index (χ0v) is 16.0. The van der Waals surface area contributed by atoms with Crippen LogP contribution in [0.4, 0.5) is 0 Å². The highest BCUT2D eigenvalue weighted by atomic mass is 16.5. The second kappa shape index (κ2) is 9.04. The van der Waals surface area contributed by atoms with Crippen molar-refractivity contribution in [3.8, 4) is 11.5 Å². The number of nitrogens with one attached hydrogen (secondary N) is 1. The number of hydrogen-bond acceptors (Lipinski definition) is 6. The number of rotatable bonds is 10. The Morgan fingerprint density at radius 2 is 2.08 bits per heavy atom. The van der Waals surface area contributed by atoms with Crippen molar-refractivity contribution in [1.29, 1.82) is 0 Å². The molecule has 0 spiro atoms. The van der Waals surface area contributed by atoms with E-state index in [1.807, 2.05) is 18.2 Å². The summed E-state index contributed by atoms with van der Waals surface area (Å²) in [7, 11) is 1.65. The van der Waals surface area contributed by atoms with Crippen LogP contribution in [0.2, 0.25) is 0 Å². The molecule has 2 aliphatic rings. The highest BCUT2D eigenvalue weighted by molar-refractivity contribution is 5.40. The Bertz CT molecular complexity index is 571. The molecule has 6 nitrogen and oxygen atoms in total. The Morgan fingerprint density at radius 1 is 1.31 bits per heavy atom. The van der Waals surface area contributed by atoms with Crippen molar-refractivity contribution >= 4 is 0 Å². The number of β-amino-alcohol motifs (C(OH)–C–C–N with tert-alkyl or cyclic N) is 1. The fourth-order valence-electron chi connectivity index (χ4n) is 3.50. The molecule has 1 unspecified atom stereocenters. The average Bonchev–Trinajstić information content (AvgIpc) is 3.12. The van der Waals surface area contributed by atoms with E-state index in [9.17, 15) is 5.11 Å². The molecular formula is C20H32N2O4. The van der Waals surface area contributed by atoms with Crippen LogP contribution in [0.5, 0.6) is 11.5 Å². The molecule has 26 heavy (non-hydrogen) atoms. The molecule has 1 aromatic carbocycles. The van der Waals surface area contributed by atoms with Crippen molar-refractivity contribution in [2.45, 2.75) is 32.4 Å². The van der Waals surface area contributed by atoms with E-state index in [1.54, 1.807) is 7.11 Å². The molecule has 0 amide bonds. The SMILES string of the molecule is COc1ccc(CNCC2(C)COC2)c(OCC(O)CN2CCCC2)c1. The van der Waals surface area contributed by atoms with Gasteiger partial charge in [0.1, 0.15) is 24.2 Å². The van der Waals surface area contributed by atoms with Gasteiger partial charge in [-0.25, -0.2) is 0 Å². The third-order valence-electron chi connectivity index (χ3n) is 5.14. The summed E-state index contributed by atoms with van der Waals surface area (Å²) in [5.74, 6) is 1.53. The zero-order chi connectivity index (χ0) is 18.4. The van der Waals surface area contributed by atoms with Crippen LogP contribution in [0.25, 0.3) is 0 Å². The number of aliphatic hydroxyl groups excluding tert-OH is 1. The van der Waals surface area contributed by atoms with Crippen molar-refractivity contribution in [2.75, 3.05) is 53.1 Å². The normalized spacial score (nSPS) is 20.6. The number of nitrogens with zero attached hydrogens (tertiary/aromatic N) is 1. The number of likely N-dealkylation sites (tertiary alicyclic amines) is 1. The summed E-state index contributed by atoms with van der Waals surface area (Å²) in [5.41, 5.74) is 1.31. The number of hydrogen-bond donors (Lipinski definition) is 2. The summed E-state index contributed by atoms with van der Waals surface area (Å²) >= 11 is 0. The Balaban J connectivity index is 1.52. The predicted molar refractivity (Wildman–Crippen MR) is 101 cm³/mol. The van der Waals surface area contributed by atoms with E-state index in [2.05, 4.69) is 17.1 Å². The minimum absolute atomic E-state index is 0.236. The van der Waals surface area contributed by atoms with Crippen molar-refractivity contribution < 1.29 is 19.3 Å². The van der Waals surface area contributed by atoms with Crippen LogP contribution in [0.15, 0.2) is 18.2 Å². The molecule has 1 atom stereocenters. The monoisotopic (exact) mass is 364 g/mol. The highest BCUT2D eigenvalue weighted by Crippen LogP contribution is 2.27. The van der Waals surface area contributed by atoms with E-state index in [1.165, 1.54) is 12.8 Å². The first kappa shape index (κ1) is 19.4. The van der Waals surface area contributed by atoms with Crippen molar-refractivity contribution in [2.24, 2.45) is 5.41 Å². The molecule has 2 aliphatic heterocycles. The van der Waals surface area contributed by atoms with Crippen LogP contribution in [0.1, 0.15) is 25.3 Å². The van der Waals surface area contributed by atoms with Gasteiger partial charge in [0.05, 0.1) is 20.3 Å². The molecule has 2 heterocycles. The second-order valence-electron chi connectivity index (χ2n) is 7.85. The highest BCUT2D eigenvalue weighted by Gasteiger charge is 2.32. The predicted octanol–water partition coefficient (Wildman–Crippen LogP) is 1.66. The molecule has 0 aliphatic carbocycles. The number of aliphatic hydroxyl groups is 1. The number of benzene rings is 1. The van der Waals surface area contributed by atoms with Crippen LogP contribution in [-0.2, 0) is 11.3 Å². The van der Waals surface area contributed by atoms with Crippen LogP contribution < -0.4 is 14.8 Å². The third-order valence-corrected chi connectivity index (χ3v) is 5.14. The largest absolute Gasteiger partial charge is 0.497 e. The van der Waals surface area contributed by atoms with Gasteiger partial charge in [0.2, 0.25) is 0 Å². The fourth-order valence-corrected chi connectivity index (χ4v) is 3.50. The van der Waals surface area contributed by atoms with Gasteiger partial charge in [-0.3, -0.25) is 0 Å². The first-order chi connectivity index (χ1) is 12.6. The lowest BCUT2D eigenvalue weighted by Gasteiger charge is -2.38. The minimum Gasteiger partial charge on any atom is -0.497 e. The summed E-state index contributed by atoms with van der Waals surface area (Å²) in [6, 6.07) is 5.86. The lowest BCUT2D eigenvalue weighted by molar-refractivity contribution is -0.0991. The molecule has 2 fully saturated rings. The maximum absolute atomic E-state index is 10.3. The Kier molecular flexibility index (Phi) is 6.75. The quantitative estimate of drug-likeness (QED) is 0.658.